The first-order valence-corrected chi connectivity index (χ1v) is 5.74. The number of nitrogens with zero attached hydrogens (tertiary/aromatic N) is 1. The van der Waals surface area contributed by atoms with Crippen molar-refractivity contribution in [3.8, 4) is 0 Å². The molecule has 0 atom stereocenters. The van der Waals surface area contributed by atoms with Gasteiger partial charge in [0.05, 0.1) is 0 Å². The summed E-state index contributed by atoms with van der Waals surface area (Å²) < 4.78 is 0. The van der Waals surface area contributed by atoms with Crippen LogP contribution in [0.25, 0.3) is 0 Å². The van der Waals surface area contributed by atoms with Crippen molar-refractivity contribution in [2.75, 3.05) is 11.9 Å². The lowest BCUT2D eigenvalue weighted by Crippen LogP contribution is -2.48. The fraction of sp³-hybridized carbons (Fsp3) is 0.538. The first-order valence-electron chi connectivity index (χ1n) is 5.74. The highest BCUT2D eigenvalue weighted by atomic mass is 16.3. The van der Waals surface area contributed by atoms with Crippen LogP contribution < -0.4 is 4.90 Å². The predicted molar refractivity (Wildman–Crippen MR) is 62.9 cm³/mol. The molecule has 1 aliphatic carbocycles. The van der Waals surface area contributed by atoms with Crippen molar-refractivity contribution in [2.45, 2.75) is 37.8 Å². The summed E-state index contributed by atoms with van der Waals surface area (Å²) in [5.41, 5.74) is 0.474. The van der Waals surface area contributed by atoms with Gasteiger partial charge >= 0.3 is 0 Å². The summed E-state index contributed by atoms with van der Waals surface area (Å²) in [6.07, 6.45) is 5.29. The molecule has 1 aromatic rings. The minimum atomic E-state index is -0.625. The highest BCUT2D eigenvalue weighted by Crippen LogP contribution is 2.33. The van der Waals surface area contributed by atoms with Crippen LogP contribution in [0.2, 0.25) is 0 Å². The van der Waals surface area contributed by atoms with Crippen LogP contribution in [0.4, 0.5) is 5.69 Å². The van der Waals surface area contributed by atoms with Crippen LogP contribution in [0, 0.1) is 0 Å². The summed E-state index contributed by atoms with van der Waals surface area (Å²) in [4.78, 5) is 2.02. The van der Waals surface area contributed by atoms with E-state index in [1.54, 1.807) is 0 Å². The molecule has 1 aliphatic rings. The zero-order valence-electron chi connectivity index (χ0n) is 9.32. The average molecular weight is 205 g/mol. The van der Waals surface area contributed by atoms with E-state index in [0.29, 0.717) is 0 Å². The molecular formula is C13H19NO. The molecule has 0 radical (unpaired) electrons. The number of anilines is 1. The molecule has 0 amide bonds. The summed E-state index contributed by atoms with van der Waals surface area (Å²) in [6, 6.07) is 10.1. The Morgan fingerprint density at radius 3 is 2.27 bits per heavy atom. The topological polar surface area (TPSA) is 23.5 Å². The second kappa shape index (κ2) is 4.23. The lowest BCUT2D eigenvalue weighted by atomic mass is 9.90. The second-order valence-electron chi connectivity index (χ2n) is 4.44. The van der Waals surface area contributed by atoms with E-state index in [4.69, 9.17) is 0 Å². The number of rotatable bonds is 2. The van der Waals surface area contributed by atoms with Gasteiger partial charge < -0.3 is 10.0 Å². The van der Waals surface area contributed by atoms with Crippen LogP contribution in [0.3, 0.4) is 0 Å². The first-order chi connectivity index (χ1) is 7.22. The molecule has 2 heteroatoms. The van der Waals surface area contributed by atoms with Crippen molar-refractivity contribution in [1.29, 1.82) is 0 Å². The summed E-state index contributed by atoms with van der Waals surface area (Å²) in [5.74, 6) is 0. The van der Waals surface area contributed by atoms with Gasteiger partial charge in [0, 0.05) is 12.7 Å². The summed E-state index contributed by atoms with van der Waals surface area (Å²) in [6.45, 7) is 0. The van der Waals surface area contributed by atoms with Crippen LogP contribution in [-0.2, 0) is 0 Å². The Labute approximate surface area is 91.5 Å². The lowest BCUT2D eigenvalue weighted by Gasteiger charge is -2.41. The Morgan fingerprint density at radius 2 is 1.67 bits per heavy atom. The van der Waals surface area contributed by atoms with E-state index in [1.807, 2.05) is 42.3 Å². The van der Waals surface area contributed by atoms with E-state index >= 15 is 0 Å². The van der Waals surface area contributed by atoms with Crippen molar-refractivity contribution in [3.05, 3.63) is 30.3 Å². The summed E-state index contributed by atoms with van der Waals surface area (Å²) in [5, 5.41) is 10.5. The first kappa shape index (κ1) is 10.5. The van der Waals surface area contributed by atoms with Crippen molar-refractivity contribution >= 4 is 5.69 Å². The van der Waals surface area contributed by atoms with Crippen molar-refractivity contribution in [3.63, 3.8) is 0 Å². The van der Waals surface area contributed by atoms with E-state index < -0.39 is 5.72 Å². The molecule has 0 saturated heterocycles. The Hall–Kier alpha value is -1.02. The van der Waals surface area contributed by atoms with Gasteiger partial charge in [0.25, 0.3) is 0 Å². The monoisotopic (exact) mass is 205 g/mol. The summed E-state index contributed by atoms with van der Waals surface area (Å²) in [7, 11) is 1.99. The van der Waals surface area contributed by atoms with Gasteiger partial charge in [-0.1, -0.05) is 24.6 Å². The van der Waals surface area contributed by atoms with Gasteiger partial charge in [0.2, 0.25) is 0 Å². The lowest BCUT2D eigenvalue weighted by molar-refractivity contribution is 0.00544. The standard InChI is InChI=1S/C13H19NO/c1-14(12-8-4-2-5-9-12)13(15)10-6-3-7-11-13/h2,4-5,8-9,15H,3,6-7,10-11H2,1H3. The number of para-hydroxylation sites is 1. The third kappa shape index (κ3) is 2.15. The maximum atomic E-state index is 10.5. The summed E-state index contributed by atoms with van der Waals surface area (Å²) >= 11 is 0. The highest BCUT2D eigenvalue weighted by molar-refractivity contribution is 5.47. The van der Waals surface area contributed by atoms with Crippen LogP contribution >= 0.6 is 0 Å². The zero-order valence-corrected chi connectivity index (χ0v) is 9.32. The van der Waals surface area contributed by atoms with Gasteiger partial charge in [-0.05, 0) is 37.8 Å². The zero-order chi connectivity index (χ0) is 10.7. The van der Waals surface area contributed by atoms with Crippen molar-refractivity contribution < 1.29 is 5.11 Å². The molecule has 1 aromatic carbocycles. The largest absolute Gasteiger partial charge is 0.371 e. The Balaban J connectivity index is 2.16. The Morgan fingerprint density at radius 1 is 1.07 bits per heavy atom. The fourth-order valence-corrected chi connectivity index (χ4v) is 2.35. The number of hydrogen-bond donors (Lipinski definition) is 1. The van der Waals surface area contributed by atoms with Crippen molar-refractivity contribution in [2.24, 2.45) is 0 Å². The number of hydrogen-bond acceptors (Lipinski definition) is 2. The third-order valence-electron chi connectivity index (χ3n) is 3.42. The molecular weight excluding hydrogens is 186 g/mol. The van der Waals surface area contributed by atoms with Gasteiger partial charge in [0.1, 0.15) is 5.72 Å². The quantitative estimate of drug-likeness (QED) is 0.750. The molecule has 2 nitrogen and oxygen atoms in total. The maximum absolute atomic E-state index is 10.5. The normalized spacial score (nSPS) is 19.9. The predicted octanol–water partition coefficient (Wildman–Crippen LogP) is 2.78. The van der Waals surface area contributed by atoms with Crippen LogP contribution in [0.5, 0.6) is 0 Å². The average Bonchev–Trinajstić information content (AvgIpc) is 2.30. The molecule has 1 fully saturated rings. The molecule has 1 saturated carbocycles. The molecule has 0 heterocycles. The van der Waals surface area contributed by atoms with Crippen LogP contribution in [0.1, 0.15) is 32.1 Å². The molecule has 0 aliphatic heterocycles. The molecule has 0 unspecified atom stereocenters. The maximum Gasteiger partial charge on any atom is 0.137 e. The minimum Gasteiger partial charge on any atom is -0.371 e. The van der Waals surface area contributed by atoms with Crippen molar-refractivity contribution in [1.82, 2.24) is 0 Å². The molecule has 0 bridgehead atoms. The minimum absolute atomic E-state index is 0.625. The molecule has 15 heavy (non-hydrogen) atoms. The smallest absolute Gasteiger partial charge is 0.137 e. The number of aliphatic hydroxyl groups is 1. The molecule has 1 N–H and O–H groups in total. The van der Waals surface area contributed by atoms with Crippen LogP contribution in [-0.4, -0.2) is 17.9 Å². The molecule has 0 spiro atoms. The molecule has 82 valence electrons. The van der Waals surface area contributed by atoms with Gasteiger partial charge in [-0.25, -0.2) is 0 Å². The molecule has 2 rings (SSSR count). The highest BCUT2D eigenvalue weighted by Gasteiger charge is 2.33. The van der Waals surface area contributed by atoms with E-state index in [9.17, 15) is 5.11 Å². The number of benzene rings is 1. The van der Waals surface area contributed by atoms with E-state index in [0.717, 1.165) is 31.4 Å². The second-order valence-corrected chi connectivity index (χ2v) is 4.44. The van der Waals surface area contributed by atoms with Gasteiger partial charge in [0.15, 0.2) is 0 Å². The van der Waals surface area contributed by atoms with Gasteiger partial charge in [-0.3, -0.25) is 0 Å². The SMILES string of the molecule is CN(c1ccccc1)C1(O)CCCCC1. The van der Waals surface area contributed by atoms with Crippen LogP contribution in [0.15, 0.2) is 30.3 Å². The fourth-order valence-electron chi connectivity index (χ4n) is 2.35. The van der Waals surface area contributed by atoms with Gasteiger partial charge in [-0.2, -0.15) is 0 Å². The van der Waals surface area contributed by atoms with Gasteiger partial charge in [-0.15, -0.1) is 0 Å². The Kier molecular flexibility index (Phi) is 2.96. The van der Waals surface area contributed by atoms with E-state index in [1.165, 1.54) is 6.42 Å². The third-order valence-corrected chi connectivity index (χ3v) is 3.42. The van der Waals surface area contributed by atoms with E-state index in [-0.39, 0.29) is 0 Å². The molecule has 0 aromatic heterocycles. The Bertz CT molecular complexity index is 304. The van der Waals surface area contributed by atoms with E-state index in [2.05, 4.69) is 0 Å².